The first-order valence-electron chi connectivity index (χ1n) is 20.4. The molecule has 58 heavy (non-hydrogen) atoms. The second kappa shape index (κ2) is 11.8. The van der Waals surface area contributed by atoms with Gasteiger partial charge in [-0.15, -0.1) is 0 Å². The van der Waals surface area contributed by atoms with Crippen molar-refractivity contribution in [2.75, 3.05) is 4.90 Å². The molecule has 276 valence electrons. The third-order valence-corrected chi connectivity index (χ3v) is 13.4. The first-order valence-corrected chi connectivity index (χ1v) is 20.4. The van der Waals surface area contributed by atoms with E-state index in [9.17, 15) is 0 Å². The van der Waals surface area contributed by atoms with Crippen LogP contribution in [0, 0.1) is 0 Å². The van der Waals surface area contributed by atoms with Gasteiger partial charge in [0.25, 0.3) is 0 Å². The molecule has 2 nitrogen and oxygen atoms in total. The first kappa shape index (κ1) is 33.3. The van der Waals surface area contributed by atoms with Crippen molar-refractivity contribution in [3.8, 4) is 33.4 Å². The summed E-state index contributed by atoms with van der Waals surface area (Å²) in [4.78, 5) is 2.51. The minimum Gasteiger partial charge on any atom is -0.455 e. The number of hydrogen-bond donors (Lipinski definition) is 0. The predicted molar refractivity (Wildman–Crippen MR) is 244 cm³/mol. The SMILES string of the molecule is CC1(C)c2ccccc2-c2ccc(N(c3ccc4c(c3)C(C)(C)c3ccccc3-4)c3cc4c5cccc(-c6ccc7ccccc7c6)c5oc4c4ccccc34)cc21. The molecule has 12 rings (SSSR count). The van der Waals surface area contributed by atoms with Crippen LogP contribution in [-0.2, 0) is 10.8 Å². The fraction of sp³-hybridized carbons (Fsp3) is 0.107. The van der Waals surface area contributed by atoms with Crippen molar-refractivity contribution >= 4 is 60.5 Å². The Bertz CT molecular complexity index is 3250. The lowest BCUT2D eigenvalue weighted by Gasteiger charge is -2.30. The number of benzene rings is 9. The molecule has 0 N–H and O–H groups in total. The lowest BCUT2D eigenvalue weighted by molar-refractivity contribution is 0.660. The molecule has 9 aromatic carbocycles. The second-order valence-electron chi connectivity index (χ2n) is 17.3. The van der Waals surface area contributed by atoms with Gasteiger partial charge in [-0.25, -0.2) is 0 Å². The third-order valence-electron chi connectivity index (χ3n) is 13.4. The molecule has 0 saturated heterocycles. The molecule has 0 atom stereocenters. The molecule has 2 aliphatic carbocycles. The number of hydrogen-bond acceptors (Lipinski definition) is 2. The summed E-state index contributed by atoms with van der Waals surface area (Å²) < 4.78 is 7.04. The van der Waals surface area contributed by atoms with E-state index in [4.69, 9.17) is 4.42 Å². The van der Waals surface area contributed by atoms with Gasteiger partial charge in [0.15, 0.2) is 0 Å². The Labute approximate surface area is 338 Å². The molecule has 0 spiro atoms. The molecule has 10 aromatic rings. The van der Waals surface area contributed by atoms with E-state index in [2.05, 4.69) is 209 Å². The molecule has 0 amide bonds. The Kier molecular flexibility index (Phi) is 6.78. The third kappa shape index (κ3) is 4.54. The fourth-order valence-electron chi connectivity index (χ4n) is 10.5. The van der Waals surface area contributed by atoms with Crippen LogP contribution >= 0.6 is 0 Å². The smallest absolute Gasteiger partial charge is 0.143 e. The number of rotatable bonds is 4. The van der Waals surface area contributed by atoms with Crippen molar-refractivity contribution in [3.63, 3.8) is 0 Å². The summed E-state index contributed by atoms with van der Waals surface area (Å²) in [7, 11) is 0. The second-order valence-corrected chi connectivity index (χ2v) is 17.3. The molecular formula is C56H41NO. The van der Waals surface area contributed by atoms with Crippen LogP contribution < -0.4 is 4.90 Å². The van der Waals surface area contributed by atoms with Gasteiger partial charge in [-0.05, 0) is 97.2 Å². The maximum Gasteiger partial charge on any atom is 0.143 e. The van der Waals surface area contributed by atoms with Crippen molar-refractivity contribution in [1.82, 2.24) is 0 Å². The van der Waals surface area contributed by atoms with Crippen LogP contribution in [0.3, 0.4) is 0 Å². The van der Waals surface area contributed by atoms with Gasteiger partial charge in [0, 0.05) is 49.3 Å². The molecular weight excluding hydrogens is 703 g/mol. The van der Waals surface area contributed by atoms with Gasteiger partial charge < -0.3 is 9.32 Å². The van der Waals surface area contributed by atoms with E-state index in [1.54, 1.807) is 0 Å². The van der Waals surface area contributed by atoms with Crippen LogP contribution in [0.4, 0.5) is 17.1 Å². The van der Waals surface area contributed by atoms with E-state index in [1.165, 1.54) is 55.3 Å². The van der Waals surface area contributed by atoms with E-state index >= 15 is 0 Å². The molecule has 1 aromatic heterocycles. The van der Waals surface area contributed by atoms with Crippen molar-refractivity contribution in [1.29, 1.82) is 0 Å². The highest BCUT2D eigenvalue weighted by molar-refractivity contribution is 6.21. The van der Waals surface area contributed by atoms with Crippen LogP contribution in [0.2, 0.25) is 0 Å². The molecule has 2 heteroatoms. The quantitative estimate of drug-likeness (QED) is 0.178. The van der Waals surface area contributed by atoms with Crippen molar-refractivity contribution in [3.05, 3.63) is 198 Å². The number of anilines is 3. The zero-order valence-corrected chi connectivity index (χ0v) is 33.1. The fourth-order valence-corrected chi connectivity index (χ4v) is 10.5. The molecule has 2 aliphatic rings. The summed E-state index contributed by atoms with van der Waals surface area (Å²) in [5.74, 6) is 0. The molecule has 1 heterocycles. The van der Waals surface area contributed by atoms with E-state index in [1.807, 2.05) is 0 Å². The monoisotopic (exact) mass is 743 g/mol. The van der Waals surface area contributed by atoms with Crippen molar-refractivity contribution < 1.29 is 4.42 Å². The maximum absolute atomic E-state index is 7.04. The van der Waals surface area contributed by atoms with Gasteiger partial charge in [-0.2, -0.15) is 0 Å². The Hall–Kier alpha value is -6.90. The van der Waals surface area contributed by atoms with Crippen LogP contribution in [0.5, 0.6) is 0 Å². The highest BCUT2D eigenvalue weighted by atomic mass is 16.3. The Morgan fingerprint density at radius 3 is 1.55 bits per heavy atom. The lowest BCUT2D eigenvalue weighted by Crippen LogP contribution is -2.18. The maximum atomic E-state index is 7.04. The lowest BCUT2D eigenvalue weighted by atomic mass is 9.82. The average Bonchev–Trinajstić information content (AvgIpc) is 3.83. The van der Waals surface area contributed by atoms with Gasteiger partial charge in [-0.3, -0.25) is 0 Å². The molecule has 0 fully saturated rings. The summed E-state index contributed by atoms with van der Waals surface area (Å²) in [6.07, 6.45) is 0. The van der Waals surface area contributed by atoms with Crippen LogP contribution in [0.1, 0.15) is 49.9 Å². The summed E-state index contributed by atoms with van der Waals surface area (Å²) in [5, 5.41) is 6.92. The van der Waals surface area contributed by atoms with E-state index in [-0.39, 0.29) is 10.8 Å². The summed E-state index contributed by atoms with van der Waals surface area (Å²) in [6, 6.07) is 65.1. The zero-order valence-electron chi connectivity index (χ0n) is 33.1. The number of furan rings is 1. The molecule has 0 unspecified atom stereocenters. The van der Waals surface area contributed by atoms with Crippen LogP contribution in [-0.4, -0.2) is 0 Å². The van der Waals surface area contributed by atoms with E-state index < -0.39 is 0 Å². The van der Waals surface area contributed by atoms with Gasteiger partial charge in [-0.1, -0.05) is 167 Å². The summed E-state index contributed by atoms with van der Waals surface area (Å²) >= 11 is 0. The highest BCUT2D eigenvalue weighted by Gasteiger charge is 2.38. The standard InChI is InChI=1S/C56H41NO/c1-55(2)48-22-11-9-16-40(48)42-28-26-37(31-50(42)55)57(38-27-29-43-41-17-10-12-23-49(41)56(3,4)51(43)32-38)52-33-47-46-21-13-20-39(36-25-24-34-14-5-6-15-35(34)30-36)53(46)58-54(47)45-19-8-7-18-44(45)52/h5-33H,1-4H3. The normalized spacial score (nSPS) is 14.5. The topological polar surface area (TPSA) is 16.4 Å². The molecule has 0 bridgehead atoms. The largest absolute Gasteiger partial charge is 0.455 e. The summed E-state index contributed by atoms with van der Waals surface area (Å²) in [5.41, 5.74) is 18.0. The Balaban J connectivity index is 1.13. The van der Waals surface area contributed by atoms with Crippen molar-refractivity contribution in [2.45, 2.75) is 38.5 Å². The minimum absolute atomic E-state index is 0.138. The van der Waals surface area contributed by atoms with Gasteiger partial charge in [0.2, 0.25) is 0 Å². The Morgan fingerprint density at radius 2 is 0.879 bits per heavy atom. The molecule has 0 aliphatic heterocycles. The predicted octanol–water partition coefficient (Wildman–Crippen LogP) is 15.6. The van der Waals surface area contributed by atoms with Gasteiger partial charge in [0.1, 0.15) is 11.2 Å². The first-order chi connectivity index (χ1) is 28.3. The average molecular weight is 744 g/mol. The molecule has 0 saturated carbocycles. The highest BCUT2D eigenvalue weighted by Crippen LogP contribution is 2.54. The van der Waals surface area contributed by atoms with E-state index in [0.717, 1.165) is 60.9 Å². The zero-order chi connectivity index (χ0) is 38.9. The van der Waals surface area contributed by atoms with E-state index in [0.29, 0.717) is 0 Å². The summed E-state index contributed by atoms with van der Waals surface area (Å²) in [6.45, 7) is 9.47. The van der Waals surface area contributed by atoms with Crippen LogP contribution in [0.25, 0.3) is 76.9 Å². The number of fused-ring (bicyclic) bond motifs is 12. The van der Waals surface area contributed by atoms with Gasteiger partial charge in [0.05, 0.1) is 5.69 Å². The van der Waals surface area contributed by atoms with Crippen LogP contribution in [0.15, 0.2) is 180 Å². The van der Waals surface area contributed by atoms with Crippen molar-refractivity contribution in [2.24, 2.45) is 0 Å². The minimum atomic E-state index is -0.138. The number of para-hydroxylation sites is 1. The molecule has 0 radical (unpaired) electrons. The number of nitrogens with zero attached hydrogens (tertiary/aromatic N) is 1. The van der Waals surface area contributed by atoms with Gasteiger partial charge >= 0.3 is 0 Å². The Morgan fingerprint density at radius 1 is 0.362 bits per heavy atom.